The highest BCUT2D eigenvalue weighted by Gasteiger charge is 2.11. The van der Waals surface area contributed by atoms with Gasteiger partial charge in [0.05, 0.1) is 7.11 Å². The summed E-state index contributed by atoms with van der Waals surface area (Å²) in [7, 11) is 3.61. The Bertz CT molecular complexity index is 555. The molecule has 0 fully saturated rings. The fraction of sp³-hybridized carbons (Fsp3) is 0.385. The smallest absolute Gasteiger partial charge is 0.191 e. The lowest BCUT2D eigenvalue weighted by Gasteiger charge is -2.12. The summed E-state index contributed by atoms with van der Waals surface area (Å²) in [6, 6.07) is 7.78. The summed E-state index contributed by atoms with van der Waals surface area (Å²) in [5.41, 5.74) is 7.25. The Labute approximate surface area is 117 Å². The Balaban J connectivity index is 2.01. The third kappa shape index (κ3) is 3.27. The molecule has 0 aliphatic heterocycles. The van der Waals surface area contributed by atoms with Crippen molar-refractivity contribution in [2.24, 2.45) is 12.8 Å². The largest absolute Gasteiger partial charge is 0.497 e. The van der Waals surface area contributed by atoms with Gasteiger partial charge in [-0.1, -0.05) is 23.9 Å². The van der Waals surface area contributed by atoms with Gasteiger partial charge in [0, 0.05) is 18.8 Å². The molecular weight excluding hydrogens is 260 g/mol. The number of methoxy groups -OCH3 is 1. The molecule has 6 heteroatoms. The average Bonchev–Trinajstić information content (AvgIpc) is 2.76. The normalized spacial score (nSPS) is 12.4. The first kappa shape index (κ1) is 13.9. The molecule has 1 aromatic carbocycles. The van der Waals surface area contributed by atoms with Gasteiger partial charge in [-0.05, 0) is 24.6 Å². The van der Waals surface area contributed by atoms with Crippen molar-refractivity contribution in [1.82, 2.24) is 14.8 Å². The van der Waals surface area contributed by atoms with Gasteiger partial charge < -0.3 is 15.0 Å². The maximum atomic E-state index is 6.19. The lowest BCUT2D eigenvalue weighted by molar-refractivity contribution is 0.414. The quantitative estimate of drug-likeness (QED) is 0.846. The van der Waals surface area contributed by atoms with Crippen LogP contribution in [0.25, 0.3) is 0 Å². The summed E-state index contributed by atoms with van der Waals surface area (Å²) >= 11 is 1.61. The van der Waals surface area contributed by atoms with Crippen molar-refractivity contribution < 1.29 is 4.74 Å². The molecular formula is C13H18N4OS. The van der Waals surface area contributed by atoms with E-state index >= 15 is 0 Å². The SMILES string of the molecule is COc1cccc(C(N)CSc2nnc(C)n2C)c1. The van der Waals surface area contributed by atoms with E-state index in [2.05, 4.69) is 10.2 Å². The fourth-order valence-corrected chi connectivity index (χ4v) is 2.59. The third-order valence-corrected chi connectivity index (χ3v) is 4.11. The van der Waals surface area contributed by atoms with Crippen LogP contribution >= 0.6 is 11.8 Å². The zero-order valence-corrected chi connectivity index (χ0v) is 12.1. The number of ether oxygens (including phenoxy) is 1. The number of rotatable bonds is 5. The van der Waals surface area contributed by atoms with E-state index in [9.17, 15) is 0 Å². The monoisotopic (exact) mass is 278 g/mol. The van der Waals surface area contributed by atoms with Gasteiger partial charge in [-0.15, -0.1) is 10.2 Å². The number of hydrogen-bond donors (Lipinski definition) is 1. The Morgan fingerprint density at radius 3 is 2.84 bits per heavy atom. The van der Waals surface area contributed by atoms with Gasteiger partial charge in [0.15, 0.2) is 5.16 Å². The van der Waals surface area contributed by atoms with Crippen LogP contribution in [-0.4, -0.2) is 27.6 Å². The topological polar surface area (TPSA) is 66.0 Å². The lowest BCUT2D eigenvalue weighted by atomic mass is 10.1. The zero-order valence-electron chi connectivity index (χ0n) is 11.3. The molecule has 2 N–H and O–H groups in total. The van der Waals surface area contributed by atoms with Crippen molar-refractivity contribution in [3.8, 4) is 5.75 Å². The van der Waals surface area contributed by atoms with E-state index in [-0.39, 0.29) is 6.04 Å². The number of nitrogens with two attached hydrogens (primary N) is 1. The van der Waals surface area contributed by atoms with Crippen LogP contribution in [0.2, 0.25) is 0 Å². The first-order valence-corrected chi connectivity index (χ1v) is 6.98. The van der Waals surface area contributed by atoms with E-state index in [1.54, 1.807) is 18.9 Å². The molecule has 5 nitrogen and oxygen atoms in total. The number of aromatic nitrogens is 3. The molecule has 1 unspecified atom stereocenters. The number of benzene rings is 1. The summed E-state index contributed by atoms with van der Waals surface area (Å²) in [5.74, 6) is 2.48. The minimum atomic E-state index is -0.0582. The van der Waals surface area contributed by atoms with E-state index in [1.165, 1.54) is 0 Å². The fourth-order valence-electron chi connectivity index (χ4n) is 1.65. The van der Waals surface area contributed by atoms with Crippen LogP contribution in [0.4, 0.5) is 0 Å². The van der Waals surface area contributed by atoms with Crippen LogP contribution in [0, 0.1) is 6.92 Å². The maximum Gasteiger partial charge on any atom is 0.191 e. The molecule has 0 aliphatic carbocycles. The van der Waals surface area contributed by atoms with Crippen LogP contribution < -0.4 is 10.5 Å². The van der Waals surface area contributed by atoms with Crippen molar-refractivity contribution in [2.45, 2.75) is 18.1 Å². The van der Waals surface area contributed by atoms with Gasteiger partial charge in [-0.3, -0.25) is 0 Å². The minimum absolute atomic E-state index is 0.0582. The Morgan fingerprint density at radius 2 is 2.21 bits per heavy atom. The summed E-state index contributed by atoms with van der Waals surface area (Å²) in [6.45, 7) is 1.93. The van der Waals surface area contributed by atoms with Gasteiger partial charge in [-0.25, -0.2) is 0 Å². The van der Waals surface area contributed by atoms with E-state index in [1.807, 2.05) is 42.8 Å². The Morgan fingerprint density at radius 1 is 1.42 bits per heavy atom. The third-order valence-electron chi connectivity index (χ3n) is 2.97. The number of aryl methyl sites for hydroxylation is 1. The molecule has 19 heavy (non-hydrogen) atoms. The molecule has 102 valence electrons. The molecule has 2 aromatic rings. The van der Waals surface area contributed by atoms with E-state index < -0.39 is 0 Å². The van der Waals surface area contributed by atoms with Gasteiger partial charge in [0.25, 0.3) is 0 Å². The average molecular weight is 278 g/mol. The van der Waals surface area contributed by atoms with Crippen molar-refractivity contribution in [3.05, 3.63) is 35.7 Å². The number of hydrogen-bond acceptors (Lipinski definition) is 5. The molecule has 1 heterocycles. The lowest BCUT2D eigenvalue weighted by Crippen LogP contribution is -2.13. The molecule has 0 amide bonds. The number of nitrogens with zero attached hydrogens (tertiary/aromatic N) is 3. The summed E-state index contributed by atoms with van der Waals surface area (Å²) in [5, 5.41) is 9.02. The maximum absolute atomic E-state index is 6.19. The van der Waals surface area contributed by atoms with Crippen LogP contribution in [0.15, 0.2) is 29.4 Å². The second-order valence-electron chi connectivity index (χ2n) is 4.28. The van der Waals surface area contributed by atoms with Gasteiger partial charge in [-0.2, -0.15) is 0 Å². The summed E-state index contributed by atoms with van der Waals surface area (Å²) in [4.78, 5) is 0. The first-order chi connectivity index (χ1) is 9.11. The molecule has 0 spiro atoms. The summed E-state index contributed by atoms with van der Waals surface area (Å²) in [6.07, 6.45) is 0. The number of thioether (sulfide) groups is 1. The summed E-state index contributed by atoms with van der Waals surface area (Å²) < 4.78 is 7.16. The molecule has 0 saturated heterocycles. The standard InChI is InChI=1S/C13H18N4OS/c1-9-15-16-13(17(9)2)19-8-12(14)10-5-4-6-11(7-10)18-3/h4-7,12H,8,14H2,1-3H3. The zero-order chi connectivity index (χ0) is 13.8. The van der Waals surface area contributed by atoms with E-state index in [0.29, 0.717) is 0 Å². The molecule has 0 bridgehead atoms. The first-order valence-electron chi connectivity index (χ1n) is 6.00. The molecule has 1 atom stereocenters. The molecule has 0 saturated carbocycles. The van der Waals surface area contributed by atoms with Crippen molar-refractivity contribution in [2.75, 3.05) is 12.9 Å². The highest BCUT2D eigenvalue weighted by Crippen LogP contribution is 2.24. The second kappa shape index (κ2) is 6.08. The molecule has 0 aliphatic rings. The van der Waals surface area contributed by atoms with Crippen LogP contribution in [-0.2, 0) is 7.05 Å². The Kier molecular flexibility index (Phi) is 4.44. The molecule has 2 rings (SSSR count). The van der Waals surface area contributed by atoms with Crippen LogP contribution in [0.5, 0.6) is 5.75 Å². The molecule has 0 radical (unpaired) electrons. The van der Waals surface area contributed by atoms with E-state index in [0.717, 1.165) is 28.0 Å². The predicted molar refractivity (Wildman–Crippen MR) is 76.4 cm³/mol. The van der Waals surface area contributed by atoms with Gasteiger partial charge in [0.1, 0.15) is 11.6 Å². The second-order valence-corrected chi connectivity index (χ2v) is 5.27. The van der Waals surface area contributed by atoms with Gasteiger partial charge >= 0.3 is 0 Å². The highest BCUT2D eigenvalue weighted by atomic mass is 32.2. The highest BCUT2D eigenvalue weighted by molar-refractivity contribution is 7.99. The van der Waals surface area contributed by atoms with Crippen molar-refractivity contribution >= 4 is 11.8 Å². The van der Waals surface area contributed by atoms with Crippen LogP contribution in [0.3, 0.4) is 0 Å². The van der Waals surface area contributed by atoms with E-state index in [4.69, 9.17) is 10.5 Å². The van der Waals surface area contributed by atoms with Crippen molar-refractivity contribution in [3.63, 3.8) is 0 Å². The van der Waals surface area contributed by atoms with Gasteiger partial charge in [0.2, 0.25) is 0 Å². The predicted octanol–water partition coefficient (Wildman–Crippen LogP) is 1.92. The van der Waals surface area contributed by atoms with Crippen LogP contribution in [0.1, 0.15) is 17.4 Å². The molecule has 1 aromatic heterocycles. The minimum Gasteiger partial charge on any atom is -0.497 e. The Hall–Kier alpha value is -1.53. The van der Waals surface area contributed by atoms with Crippen molar-refractivity contribution in [1.29, 1.82) is 0 Å².